The topological polar surface area (TPSA) is 42.6 Å². The summed E-state index contributed by atoms with van der Waals surface area (Å²) in [6, 6.07) is 7.51. The molecule has 3 rings (SSSR count). The number of carbonyl (C=O) groups is 1. The van der Waals surface area contributed by atoms with Crippen LogP contribution in [-0.4, -0.2) is 53.8 Å². The van der Waals surface area contributed by atoms with Gasteiger partial charge in [-0.3, -0.25) is 4.79 Å². The van der Waals surface area contributed by atoms with Crippen LogP contribution in [0.1, 0.15) is 23.0 Å². The van der Waals surface area contributed by atoms with Gasteiger partial charge in [0.2, 0.25) is 0 Å². The van der Waals surface area contributed by atoms with E-state index in [1.165, 1.54) is 4.90 Å². The summed E-state index contributed by atoms with van der Waals surface area (Å²) in [7, 11) is 2.16. The maximum atomic E-state index is 12.8. The number of nitrogens with one attached hydrogen (secondary N) is 1. The van der Waals surface area contributed by atoms with Crippen LogP contribution in [0.4, 0.5) is 0 Å². The van der Waals surface area contributed by atoms with Crippen LogP contribution in [0.3, 0.4) is 0 Å². The fourth-order valence-electron chi connectivity index (χ4n) is 2.96. The molecule has 1 N–H and O–H groups in total. The van der Waals surface area contributed by atoms with E-state index in [0.29, 0.717) is 10.6 Å². The first kappa shape index (κ1) is 16.0. The van der Waals surface area contributed by atoms with Crippen molar-refractivity contribution in [2.24, 2.45) is 0 Å². The Bertz CT molecular complexity index is 687. The Hall–Kier alpha value is -1.85. The first-order chi connectivity index (χ1) is 11.1. The third-order valence-electron chi connectivity index (χ3n) is 4.41. The molecule has 23 heavy (non-hydrogen) atoms. The van der Waals surface area contributed by atoms with Crippen LogP contribution in [0, 0.1) is 0 Å². The van der Waals surface area contributed by atoms with Crippen molar-refractivity contribution in [3.05, 3.63) is 46.7 Å². The van der Waals surface area contributed by atoms with Crippen LogP contribution in [0.15, 0.2) is 30.5 Å². The number of likely N-dealkylation sites (N-methyl/N-ethyl adjacent to an activating group) is 1. The number of quaternary nitrogens is 1. The second-order valence-electron chi connectivity index (χ2n) is 6.00. The number of hydrogen-bond donors (Lipinski definition) is 1. The minimum absolute atomic E-state index is 0.0922. The van der Waals surface area contributed by atoms with Gasteiger partial charge in [0.05, 0.1) is 56.4 Å². The Kier molecular flexibility index (Phi) is 4.68. The standard InChI is InChI=1S/C17H21ClN4O/c1-3-16-15(17(23)21-10-8-20(2)9-11-21)12-19-22(16)14-6-4-13(18)5-7-14/h4-7,12H,3,8-11H2,1-2H3/p+1. The van der Waals surface area contributed by atoms with Gasteiger partial charge in [0.25, 0.3) is 5.91 Å². The molecule has 2 aromatic rings. The summed E-state index contributed by atoms with van der Waals surface area (Å²) in [5.41, 5.74) is 2.58. The highest BCUT2D eigenvalue weighted by Gasteiger charge is 2.26. The quantitative estimate of drug-likeness (QED) is 0.912. The second-order valence-corrected chi connectivity index (χ2v) is 6.43. The Morgan fingerprint density at radius 2 is 1.91 bits per heavy atom. The van der Waals surface area contributed by atoms with Gasteiger partial charge in [-0.25, -0.2) is 4.68 Å². The molecule has 0 radical (unpaired) electrons. The number of hydrogen-bond acceptors (Lipinski definition) is 2. The predicted octanol–water partition coefficient (Wildman–Crippen LogP) is 1.06. The van der Waals surface area contributed by atoms with Crippen molar-refractivity contribution in [3.63, 3.8) is 0 Å². The molecule has 1 aromatic heterocycles. The van der Waals surface area contributed by atoms with Crippen molar-refractivity contribution in [2.45, 2.75) is 13.3 Å². The number of piperazine rings is 1. The monoisotopic (exact) mass is 333 g/mol. The lowest BCUT2D eigenvalue weighted by atomic mass is 10.1. The van der Waals surface area contributed by atoms with E-state index in [9.17, 15) is 4.79 Å². The molecule has 1 saturated heterocycles. The molecule has 1 aromatic carbocycles. The van der Waals surface area contributed by atoms with Crippen molar-refractivity contribution in [2.75, 3.05) is 33.2 Å². The fourth-order valence-corrected chi connectivity index (χ4v) is 3.09. The van der Waals surface area contributed by atoms with E-state index in [4.69, 9.17) is 11.6 Å². The highest BCUT2D eigenvalue weighted by atomic mass is 35.5. The number of carbonyl (C=O) groups excluding carboxylic acids is 1. The summed E-state index contributed by atoms with van der Waals surface area (Å²) >= 11 is 5.95. The number of halogens is 1. The highest BCUT2D eigenvalue weighted by molar-refractivity contribution is 6.30. The third-order valence-corrected chi connectivity index (χ3v) is 4.66. The maximum Gasteiger partial charge on any atom is 0.257 e. The molecule has 1 aliphatic heterocycles. The first-order valence-corrected chi connectivity index (χ1v) is 8.41. The molecular weight excluding hydrogens is 312 g/mol. The van der Waals surface area contributed by atoms with Crippen molar-refractivity contribution in [3.8, 4) is 5.69 Å². The third kappa shape index (κ3) is 3.26. The van der Waals surface area contributed by atoms with Gasteiger partial charge in [0.15, 0.2) is 0 Å². The average Bonchev–Trinajstić information content (AvgIpc) is 2.99. The number of nitrogens with zero attached hydrogens (tertiary/aromatic N) is 3. The summed E-state index contributed by atoms with van der Waals surface area (Å²) < 4.78 is 1.84. The van der Waals surface area contributed by atoms with Crippen LogP contribution >= 0.6 is 11.6 Å². The Morgan fingerprint density at radius 1 is 1.26 bits per heavy atom. The van der Waals surface area contributed by atoms with Gasteiger partial charge in [0.1, 0.15) is 0 Å². The van der Waals surface area contributed by atoms with Gasteiger partial charge in [-0.2, -0.15) is 5.10 Å². The largest absolute Gasteiger partial charge is 0.334 e. The van der Waals surface area contributed by atoms with Gasteiger partial charge < -0.3 is 9.80 Å². The molecule has 1 aliphatic rings. The van der Waals surface area contributed by atoms with Crippen LogP contribution < -0.4 is 4.90 Å². The van der Waals surface area contributed by atoms with E-state index in [1.54, 1.807) is 6.20 Å². The molecule has 1 amide bonds. The molecule has 0 atom stereocenters. The van der Waals surface area contributed by atoms with Crippen LogP contribution in [0.5, 0.6) is 0 Å². The maximum absolute atomic E-state index is 12.8. The van der Waals surface area contributed by atoms with Crippen molar-refractivity contribution < 1.29 is 9.69 Å². The predicted molar refractivity (Wildman–Crippen MR) is 90.5 cm³/mol. The number of aromatic nitrogens is 2. The van der Waals surface area contributed by atoms with Crippen LogP contribution in [-0.2, 0) is 6.42 Å². The molecule has 1 fully saturated rings. The number of benzene rings is 1. The zero-order valence-corrected chi connectivity index (χ0v) is 14.3. The lowest BCUT2D eigenvalue weighted by Gasteiger charge is -2.30. The molecule has 0 aliphatic carbocycles. The normalized spacial score (nSPS) is 15.9. The van der Waals surface area contributed by atoms with Crippen LogP contribution in [0.25, 0.3) is 5.69 Å². The summed E-state index contributed by atoms with van der Waals surface area (Å²) in [6.45, 7) is 5.66. The van der Waals surface area contributed by atoms with Gasteiger partial charge in [-0.05, 0) is 30.7 Å². The zero-order chi connectivity index (χ0) is 16.4. The molecule has 0 unspecified atom stereocenters. The van der Waals surface area contributed by atoms with Crippen molar-refractivity contribution in [1.29, 1.82) is 0 Å². The van der Waals surface area contributed by atoms with Gasteiger partial charge in [-0.15, -0.1) is 0 Å². The van der Waals surface area contributed by atoms with E-state index in [-0.39, 0.29) is 5.91 Å². The number of amides is 1. The van der Waals surface area contributed by atoms with Crippen molar-refractivity contribution >= 4 is 17.5 Å². The summed E-state index contributed by atoms with van der Waals surface area (Å²) in [5.74, 6) is 0.0922. The molecule has 6 heteroatoms. The van der Waals surface area contributed by atoms with E-state index in [0.717, 1.165) is 44.0 Å². The van der Waals surface area contributed by atoms with E-state index in [1.807, 2.05) is 40.8 Å². The Morgan fingerprint density at radius 3 is 2.52 bits per heavy atom. The SMILES string of the molecule is CCc1c(C(=O)N2CC[NH+](C)CC2)cnn1-c1ccc(Cl)cc1. The molecular formula is C17H22ClN4O+. The van der Waals surface area contributed by atoms with E-state index in [2.05, 4.69) is 12.1 Å². The fraction of sp³-hybridized carbons (Fsp3) is 0.412. The first-order valence-electron chi connectivity index (χ1n) is 8.03. The molecule has 0 spiro atoms. The Labute approximate surface area is 141 Å². The van der Waals surface area contributed by atoms with E-state index < -0.39 is 0 Å². The minimum Gasteiger partial charge on any atom is -0.334 e. The van der Waals surface area contributed by atoms with Crippen molar-refractivity contribution in [1.82, 2.24) is 14.7 Å². The average molecular weight is 334 g/mol. The van der Waals surface area contributed by atoms with Crippen LogP contribution in [0.2, 0.25) is 5.02 Å². The molecule has 0 saturated carbocycles. The summed E-state index contributed by atoms with van der Waals surface area (Å²) in [6.07, 6.45) is 2.45. The Balaban J connectivity index is 1.89. The summed E-state index contributed by atoms with van der Waals surface area (Å²) in [4.78, 5) is 16.2. The lowest BCUT2D eigenvalue weighted by Crippen LogP contribution is -3.12. The highest BCUT2D eigenvalue weighted by Crippen LogP contribution is 2.19. The molecule has 2 heterocycles. The molecule has 5 nitrogen and oxygen atoms in total. The second kappa shape index (κ2) is 6.72. The zero-order valence-electron chi connectivity index (χ0n) is 13.6. The van der Waals surface area contributed by atoms with Gasteiger partial charge in [-0.1, -0.05) is 18.5 Å². The minimum atomic E-state index is 0.0922. The lowest BCUT2D eigenvalue weighted by molar-refractivity contribution is -0.883. The van der Waals surface area contributed by atoms with E-state index >= 15 is 0 Å². The van der Waals surface area contributed by atoms with Gasteiger partial charge >= 0.3 is 0 Å². The molecule has 122 valence electrons. The number of rotatable bonds is 3. The smallest absolute Gasteiger partial charge is 0.257 e. The van der Waals surface area contributed by atoms with Gasteiger partial charge in [0, 0.05) is 5.02 Å². The summed E-state index contributed by atoms with van der Waals surface area (Å²) in [5, 5.41) is 5.13. The molecule has 0 bridgehead atoms.